The second kappa shape index (κ2) is 9.80. The third-order valence-electron chi connectivity index (χ3n) is 3.93. The maximum absolute atomic E-state index is 12.6. The Morgan fingerprint density at radius 3 is 2.39 bits per heavy atom. The van der Waals surface area contributed by atoms with Crippen LogP contribution in [-0.2, 0) is 6.61 Å². The van der Waals surface area contributed by atoms with Crippen molar-refractivity contribution in [3.05, 3.63) is 86.4 Å². The summed E-state index contributed by atoms with van der Waals surface area (Å²) in [6.07, 6.45) is 0. The molecule has 6 heteroatoms. The zero-order valence-corrected chi connectivity index (χ0v) is 18.2. The Bertz CT molecular complexity index is 943. The molecule has 0 radical (unpaired) electrons. The van der Waals surface area contributed by atoms with Gasteiger partial charge in [-0.15, -0.1) is 0 Å². The number of amides is 1. The van der Waals surface area contributed by atoms with E-state index in [4.69, 9.17) is 21.1 Å². The summed E-state index contributed by atoms with van der Waals surface area (Å²) in [5.41, 5.74) is 2.09. The van der Waals surface area contributed by atoms with Gasteiger partial charge in [0.2, 0.25) is 0 Å². The number of halogens is 2. The zero-order valence-electron chi connectivity index (χ0n) is 15.2. The topological polar surface area (TPSA) is 47.6 Å². The number of hydrogen-bond donors (Lipinski definition) is 1. The molecule has 1 amide bonds. The van der Waals surface area contributed by atoms with Crippen molar-refractivity contribution in [2.24, 2.45) is 0 Å². The third kappa shape index (κ3) is 5.62. The fourth-order valence-electron chi connectivity index (χ4n) is 2.56. The number of benzene rings is 3. The summed E-state index contributed by atoms with van der Waals surface area (Å²) < 4.78 is 12.6. The van der Waals surface area contributed by atoms with Gasteiger partial charge in [0.05, 0.1) is 6.61 Å². The van der Waals surface area contributed by atoms with Gasteiger partial charge in [0, 0.05) is 25.4 Å². The van der Waals surface area contributed by atoms with Crippen LogP contribution in [0.5, 0.6) is 11.5 Å². The number of hydrogen-bond acceptors (Lipinski definition) is 3. The molecule has 1 N–H and O–H groups in total. The smallest absolute Gasteiger partial charge is 0.255 e. The first kappa shape index (κ1) is 20.5. The Morgan fingerprint density at radius 1 is 1.00 bits per heavy atom. The van der Waals surface area contributed by atoms with E-state index in [0.29, 0.717) is 28.7 Å². The Kier molecular flexibility index (Phi) is 7.17. The van der Waals surface area contributed by atoms with Gasteiger partial charge < -0.3 is 14.8 Å². The Labute approximate surface area is 183 Å². The van der Waals surface area contributed by atoms with Crippen molar-refractivity contribution in [2.45, 2.75) is 13.5 Å². The minimum Gasteiger partial charge on any atom is -0.493 e. The summed E-state index contributed by atoms with van der Waals surface area (Å²) in [6, 6.07) is 20.1. The molecular formula is C22H19ClINO3. The summed E-state index contributed by atoms with van der Waals surface area (Å²) in [5, 5.41) is 3.56. The lowest BCUT2D eigenvalue weighted by Gasteiger charge is -2.13. The fraction of sp³-hybridized carbons (Fsp3) is 0.136. The minimum absolute atomic E-state index is 0.183. The summed E-state index contributed by atoms with van der Waals surface area (Å²) in [5.74, 6) is 1.21. The zero-order chi connectivity index (χ0) is 19.9. The first-order valence-electron chi connectivity index (χ1n) is 8.76. The lowest BCUT2D eigenvalue weighted by atomic mass is 10.1. The van der Waals surface area contributed by atoms with Gasteiger partial charge in [0.25, 0.3) is 5.91 Å². The Hall–Kier alpha value is -2.25. The number of ether oxygens (including phenoxy) is 2. The van der Waals surface area contributed by atoms with Crippen LogP contribution < -0.4 is 14.8 Å². The highest BCUT2D eigenvalue weighted by Gasteiger charge is 2.12. The molecule has 28 heavy (non-hydrogen) atoms. The predicted octanol–water partition coefficient (Wildman–Crippen LogP) is 6.17. The first-order chi connectivity index (χ1) is 13.5. The average molecular weight is 508 g/mol. The van der Waals surface area contributed by atoms with Crippen LogP contribution in [0.2, 0.25) is 5.02 Å². The van der Waals surface area contributed by atoms with E-state index >= 15 is 0 Å². The van der Waals surface area contributed by atoms with Crippen LogP contribution in [0.25, 0.3) is 0 Å². The largest absolute Gasteiger partial charge is 0.493 e. The average Bonchev–Trinajstić information content (AvgIpc) is 2.70. The van der Waals surface area contributed by atoms with E-state index in [2.05, 4.69) is 27.9 Å². The summed E-state index contributed by atoms with van der Waals surface area (Å²) in [4.78, 5) is 12.6. The van der Waals surface area contributed by atoms with E-state index in [1.165, 1.54) is 0 Å². The quantitative estimate of drug-likeness (QED) is 0.389. The van der Waals surface area contributed by atoms with Crippen LogP contribution in [0.15, 0.2) is 66.7 Å². The molecule has 0 bridgehead atoms. The van der Waals surface area contributed by atoms with Crippen LogP contribution >= 0.6 is 34.2 Å². The van der Waals surface area contributed by atoms with E-state index in [1.807, 2.05) is 31.2 Å². The number of rotatable bonds is 7. The van der Waals surface area contributed by atoms with Crippen LogP contribution in [0.1, 0.15) is 22.8 Å². The lowest BCUT2D eigenvalue weighted by Crippen LogP contribution is -2.13. The molecule has 0 aromatic heterocycles. The lowest BCUT2D eigenvalue weighted by molar-refractivity contribution is 0.102. The van der Waals surface area contributed by atoms with Gasteiger partial charge in [0.1, 0.15) is 18.1 Å². The van der Waals surface area contributed by atoms with E-state index in [-0.39, 0.29) is 12.5 Å². The monoisotopic (exact) mass is 507 g/mol. The van der Waals surface area contributed by atoms with Gasteiger partial charge in [-0.05, 0) is 96.2 Å². The van der Waals surface area contributed by atoms with Gasteiger partial charge in [-0.1, -0.05) is 11.6 Å². The van der Waals surface area contributed by atoms with Gasteiger partial charge in [-0.25, -0.2) is 0 Å². The summed E-state index contributed by atoms with van der Waals surface area (Å²) >= 11 is 8.13. The molecule has 4 nitrogen and oxygen atoms in total. The van der Waals surface area contributed by atoms with Crippen molar-refractivity contribution in [2.75, 3.05) is 11.9 Å². The second-order valence-corrected chi connectivity index (χ2v) is 7.64. The maximum atomic E-state index is 12.6. The minimum atomic E-state index is -0.183. The molecule has 0 unspecified atom stereocenters. The molecule has 0 aliphatic heterocycles. The van der Waals surface area contributed by atoms with Gasteiger partial charge >= 0.3 is 0 Å². The van der Waals surface area contributed by atoms with Gasteiger partial charge in [0.15, 0.2) is 0 Å². The van der Waals surface area contributed by atoms with E-state index in [1.54, 1.807) is 42.5 Å². The van der Waals surface area contributed by atoms with Crippen molar-refractivity contribution >= 4 is 45.8 Å². The molecule has 0 heterocycles. The van der Waals surface area contributed by atoms with Gasteiger partial charge in [-0.2, -0.15) is 0 Å². The molecular weight excluding hydrogens is 489 g/mol. The normalized spacial score (nSPS) is 10.4. The van der Waals surface area contributed by atoms with Crippen molar-refractivity contribution < 1.29 is 14.3 Å². The van der Waals surface area contributed by atoms with Crippen molar-refractivity contribution in [1.29, 1.82) is 0 Å². The van der Waals surface area contributed by atoms with Crippen LogP contribution in [0.4, 0.5) is 5.69 Å². The molecule has 0 saturated heterocycles. The molecule has 3 aromatic rings. The van der Waals surface area contributed by atoms with Crippen molar-refractivity contribution in [1.82, 2.24) is 0 Å². The number of carbonyl (C=O) groups is 1. The second-order valence-electron chi connectivity index (χ2n) is 5.96. The molecule has 3 aromatic carbocycles. The number of carbonyl (C=O) groups excluding carboxylic acids is 1. The van der Waals surface area contributed by atoms with Crippen LogP contribution in [-0.4, -0.2) is 12.5 Å². The fourth-order valence-corrected chi connectivity index (χ4v) is 3.04. The third-order valence-corrected chi connectivity index (χ3v) is 4.90. The highest BCUT2D eigenvalue weighted by Crippen LogP contribution is 2.24. The maximum Gasteiger partial charge on any atom is 0.255 e. The first-order valence-corrected chi connectivity index (χ1v) is 10.2. The van der Waals surface area contributed by atoms with E-state index in [0.717, 1.165) is 14.8 Å². The van der Waals surface area contributed by atoms with E-state index in [9.17, 15) is 4.79 Å². The molecule has 0 atom stereocenters. The molecule has 3 rings (SSSR count). The van der Waals surface area contributed by atoms with Crippen LogP contribution in [0, 0.1) is 3.57 Å². The predicted molar refractivity (Wildman–Crippen MR) is 121 cm³/mol. The molecule has 0 saturated carbocycles. The van der Waals surface area contributed by atoms with Crippen LogP contribution in [0.3, 0.4) is 0 Å². The van der Waals surface area contributed by atoms with Crippen molar-refractivity contribution in [3.8, 4) is 11.5 Å². The van der Waals surface area contributed by atoms with Gasteiger partial charge in [-0.3, -0.25) is 4.79 Å². The number of nitrogens with one attached hydrogen (secondary N) is 1. The standard InChI is InChI=1S/C22H19ClINO3/c1-2-27-21-12-3-15(22(26)25-19-8-6-18(24)7-9-19)13-16(21)14-28-20-10-4-17(23)5-11-20/h3-13H,2,14H2,1H3,(H,25,26). The van der Waals surface area contributed by atoms with Crippen molar-refractivity contribution in [3.63, 3.8) is 0 Å². The Morgan fingerprint density at radius 2 is 1.71 bits per heavy atom. The molecule has 0 spiro atoms. The van der Waals surface area contributed by atoms with E-state index < -0.39 is 0 Å². The summed E-state index contributed by atoms with van der Waals surface area (Å²) in [6.45, 7) is 2.73. The number of anilines is 1. The molecule has 0 aliphatic carbocycles. The molecule has 144 valence electrons. The Balaban J connectivity index is 1.76. The summed E-state index contributed by atoms with van der Waals surface area (Å²) in [7, 11) is 0. The molecule has 0 aliphatic rings. The highest BCUT2D eigenvalue weighted by atomic mass is 127. The SMILES string of the molecule is CCOc1ccc(C(=O)Nc2ccc(I)cc2)cc1COc1ccc(Cl)cc1. The highest BCUT2D eigenvalue weighted by molar-refractivity contribution is 14.1. The molecule has 0 fully saturated rings.